The van der Waals surface area contributed by atoms with Crippen molar-refractivity contribution >= 4 is 28.3 Å². The lowest BCUT2D eigenvalue weighted by atomic mass is 10.2. The highest BCUT2D eigenvalue weighted by Crippen LogP contribution is 2.26. The molecular weight excluding hydrogens is 352 g/mol. The first-order chi connectivity index (χ1) is 11.9. The predicted molar refractivity (Wildman–Crippen MR) is 88.3 cm³/mol. The Bertz CT molecular complexity index is 812. The summed E-state index contributed by atoms with van der Waals surface area (Å²) in [5, 5.41) is 13.7. The number of anilines is 1. The largest absolute Gasteiger partial charge is 0.480 e. The highest BCUT2D eigenvalue weighted by Gasteiger charge is 2.31. The van der Waals surface area contributed by atoms with E-state index in [1.165, 1.54) is 6.07 Å². The number of aliphatic carboxylic acids is 1. The summed E-state index contributed by atoms with van der Waals surface area (Å²) < 4.78 is 26.3. The number of carboxylic acids is 1. The van der Waals surface area contributed by atoms with Gasteiger partial charge in [0.15, 0.2) is 16.8 Å². The van der Waals surface area contributed by atoms with Gasteiger partial charge in [0.05, 0.1) is 12.2 Å². The highest BCUT2D eigenvalue weighted by atomic mass is 32.1. The zero-order chi connectivity index (χ0) is 18.0. The molecule has 2 N–H and O–H groups in total. The number of benzene rings is 1. The number of carbonyl (C=O) groups excluding carboxylic acids is 1. The van der Waals surface area contributed by atoms with Crippen LogP contribution in [0.15, 0.2) is 23.6 Å². The maximum absolute atomic E-state index is 13.3. The molecule has 1 aromatic carbocycles. The van der Waals surface area contributed by atoms with Crippen molar-refractivity contribution in [2.24, 2.45) is 0 Å². The van der Waals surface area contributed by atoms with Crippen LogP contribution in [-0.4, -0.2) is 46.0 Å². The van der Waals surface area contributed by atoms with Gasteiger partial charge in [0.25, 0.3) is 0 Å². The number of nitrogens with one attached hydrogen (secondary N) is 1. The standard InChI is InChI=1S/C16H15F2N3O3S/c17-10-4-3-9(6-11(10)18)12-8-25-16(19-12)20-14(22)7-21-5-1-2-13(21)15(23)24/h3-4,6,8,13H,1-2,5,7H2,(H,23,24)(H,19,20,22). The van der Waals surface area contributed by atoms with Gasteiger partial charge < -0.3 is 10.4 Å². The lowest BCUT2D eigenvalue weighted by molar-refractivity contribution is -0.142. The lowest BCUT2D eigenvalue weighted by Gasteiger charge is -2.19. The van der Waals surface area contributed by atoms with Gasteiger partial charge in [0, 0.05) is 10.9 Å². The summed E-state index contributed by atoms with van der Waals surface area (Å²) in [6.45, 7) is 0.527. The van der Waals surface area contributed by atoms with E-state index in [1.54, 1.807) is 10.3 Å². The molecule has 1 saturated heterocycles. The molecule has 1 unspecified atom stereocenters. The van der Waals surface area contributed by atoms with Crippen molar-refractivity contribution in [3.63, 3.8) is 0 Å². The van der Waals surface area contributed by atoms with E-state index in [0.29, 0.717) is 29.4 Å². The molecule has 2 aromatic rings. The van der Waals surface area contributed by atoms with Crippen molar-refractivity contribution in [2.45, 2.75) is 18.9 Å². The second kappa shape index (κ2) is 7.24. The van der Waals surface area contributed by atoms with Crippen LogP contribution in [0.2, 0.25) is 0 Å². The monoisotopic (exact) mass is 367 g/mol. The second-order valence-electron chi connectivity index (χ2n) is 5.68. The van der Waals surface area contributed by atoms with Crippen LogP contribution in [0, 0.1) is 11.6 Å². The maximum atomic E-state index is 13.3. The Kier molecular flexibility index (Phi) is 5.05. The third kappa shape index (κ3) is 3.99. The fraction of sp³-hybridized carbons (Fsp3) is 0.312. The minimum atomic E-state index is -0.968. The number of halogens is 2. The van der Waals surface area contributed by atoms with Gasteiger partial charge in [0.2, 0.25) is 5.91 Å². The maximum Gasteiger partial charge on any atom is 0.320 e. The van der Waals surface area contributed by atoms with Gasteiger partial charge in [0.1, 0.15) is 6.04 Å². The number of carbonyl (C=O) groups is 2. The molecule has 9 heteroatoms. The third-order valence-corrected chi connectivity index (χ3v) is 4.72. The average molecular weight is 367 g/mol. The van der Waals surface area contributed by atoms with Gasteiger partial charge in [-0.3, -0.25) is 14.5 Å². The van der Waals surface area contributed by atoms with Gasteiger partial charge >= 0.3 is 5.97 Å². The Morgan fingerprint density at radius 2 is 2.16 bits per heavy atom. The first-order valence-corrected chi connectivity index (χ1v) is 8.49. The first kappa shape index (κ1) is 17.4. The normalized spacial score (nSPS) is 17.6. The Morgan fingerprint density at radius 1 is 1.36 bits per heavy atom. The number of hydrogen-bond acceptors (Lipinski definition) is 5. The molecular formula is C16H15F2N3O3S. The van der Waals surface area contributed by atoms with Crippen LogP contribution in [0.4, 0.5) is 13.9 Å². The van der Waals surface area contributed by atoms with E-state index in [1.807, 2.05) is 0 Å². The van der Waals surface area contributed by atoms with E-state index >= 15 is 0 Å². The van der Waals surface area contributed by atoms with Crippen molar-refractivity contribution in [3.8, 4) is 11.3 Å². The zero-order valence-corrected chi connectivity index (χ0v) is 13.9. The van der Waals surface area contributed by atoms with Crippen LogP contribution in [0.5, 0.6) is 0 Å². The number of nitrogens with zero attached hydrogens (tertiary/aromatic N) is 2. The quantitative estimate of drug-likeness (QED) is 0.849. The fourth-order valence-electron chi connectivity index (χ4n) is 2.76. The smallest absolute Gasteiger partial charge is 0.320 e. The molecule has 0 radical (unpaired) electrons. The molecule has 1 atom stereocenters. The van der Waals surface area contributed by atoms with Crippen LogP contribution in [0.3, 0.4) is 0 Å². The SMILES string of the molecule is O=C(CN1CCCC1C(=O)O)Nc1nc(-c2ccc(F)c(F)c2)cs1. The summed E-state index contributed by atoms with van der Waals surface area (Å²) in [5.41, 5.74) is 0.824. The molecule has 0 spiro atoms. The molecule has 2 heterocycles. The third-order valence-electron chi connectivity index (χ3n) is 3.96. The van der Waals surface area contributed by atoms with E-state index in [0.717, 1.165) is 29.9 Å². The summed E-state index contributed by atoms with van der Waals surface area (Å²) in [5.74, 6) is -3.20. The van der Waals surface area contributed by atoms with Crippen molar-refractivity contribution in [1.29, 1.82) is 0 Å². The number of amides is 1. The summed E-state index contributed by atoms with van der Waals surface area (Å²) in [6, 6.07) is 2.82. The van der Waals surface area contributed by atoms with Crippen molar-refractivity contribution in [3.05, 3.63) is 35.2 Å². The highest BCUT2D eigenvalue weighted by molar-refractivity contribution is 7.14. The summed E-state index contributed by atoms with van der Waals surface area (Å²) >= 11 is 1.15. The van der Waals surface area contributed by atoms with Crippen LogP contribution in [0.25, 0.3) is 11.3 Å². The Morgan fingerprint density at radius 3 is 2.88 bits per heavy atom. The topological polar surface area (TPSA) is 82.5 Å². The van der Waals surface area contributed by atoms with Gasteiger partial charge in [-0.05, 0) is 37.6 Å². The molecule has 1 aromatic heterocycles. The molecule has 132 valence electrons. The molecule has 6 nitrogen and oxygen atoms in total. The molecule has 1 amide bonds. The van der Waals surface area contributed by atoms with E-state index in [-0.39, 0.29) is 12.5 Å². The lowest BCUT2D eigenvalue weighted by Crippen LogP contribution is -2.40. The molecule has 0 aliphatic carbocycles. The zero-order valence-electron chi connectivity index (χ0n) is 13.0. The molecule has 0 saturated carbocycles. The van der Waals surface area contributed by atoms with Crippen molar-refractivity contribution < 1.29 is 23.5 Å². The summed E-state index contributed by atoms with van der Waals surface area (Å²) in [7, 11) is 0. The van der Waals surface area contributed by atoms with Crippen LogP contribution >= 0.6 is 11.3 Å². The number of aromatic nitrogens is 1. The minimum absolute atomic E-state index is 0.0307. The van der Waals surface area contributed by atoms with E-state index in [9.17, 15) is 18.4 Å². The van der Waals surface area contributed by atoms with Crippen LogP contribution in [-0.2, 0) is 9.59 Å². The Balaban J connectivity index is 1.64. The molecule has 0 bridgehead atoms. The fourth-order valence-corrected chi connectivity index (χ4v) is 3.49. The number of thiazole rings is 1. The van der Waals surface area contributed by atoms with Gasteiger partial charge in [-0.2, -0.15) is 0 Å². The number of carboxylic acid groups (broad SMARTS) is 1. The van der Waals surface area contributed by atoms with Crippen LogP contribution in [0.1, 0.15) is 12.8 Å². The van der Waals surface area contributed by atoms with Crippen molar-refractivity contribution in [2.75, 3.05) is 18.4 Å². The molecule has 25 heavy (non-hydrogen) atoms. The van der Waals surface area contributed by atoms with Gasteiger partial charge in [-0.1, -0.05) is 0 Å². The molecule has 1 aliphatic rings. The molecule has 3 rings (SSSR count). The van der Waals surface area contributed by atoms with Crippen molar-refractivity contribution in [1.82, 2.24) is 9.88 Å². The minimum Gasteiger partial charge on any atom is -0.480 e. The average Bonchev–Trinajstić information content (AvgIpc) is 3.19. The number of likely N-dealkylation sites (tertiary alicyclic amines) is 1. The summed E-state index contributed by atoms with van der Waals surface area (Å²) in [6.07, 6.45) is 1.27. The molecule has 1 aliphatic heterocycles. The van der Waals surface area contributed by atoms with Gasteiger partial charge in [-0.25, -0.2) is 13.8 Å². The first-order valence-electron chi connectivity index (χ1n) is 7.61. The van der Waals surface area contributed by atoms with Crippen LogP contribution < -0.4 is 5.32 Å². The Labute approximate surface area is 146 Å². The van der Waals surface area contributed by atoms with E-state index in [2.05, 4.69) is 10.3 Å². The second-order valence-corrected chi connectivity index (χ2v) is 6.54. The summed E-state index contributed by atoms with van der Waals surface area (Å²) in [4.78, 5) is 29.0. The predicted octanol–water partition coefficient (Wildman–Crippen LogP) is 2.58. The molecule has 1 fully saturated rings. The number of hydrogen-bond donors (Lipinski definition) is 2. The van der Waals surface area contributed by atoms with E-state index in [4.69, 9.17) is 5.11 Å². The number of rotatable bonds is 5. The Hall–Kier alpha value is -2.39. The van der Waals surface area contributed by atoms with E-state index < -0.39 is 23.6 Å². The van der Waals surface area contributed by atoms with Gasteiger partial charge in [-0.15, -0.1) is 11.3 Å².